The van der Waals surface area contributed by atoms with Crippen molar-refractivity contribution in [1.29, 1.82) is 0 Å². The summed E-state index contributed by atoms with van der Waals surface area (Å²) in [6, 6.07) is 9.46. The first-order valence-corrected chi connectivity index (χ1v) is 10.5. The molecule has 1 aliphatic rings. The second kappa shape index (κ2) is 9.31. The van der Waals surface area contributed by atoms with Crippen LogP contribution in [0, 0.1) is 6.92 Å². The van der Waals surface area contributed by atoms with Crippen LogP contribution in [0.2, 0.25) is 0 Å². The molecule has 0 saturated carbocycles. The number of methoxy groups -OCH3 is 2. The van der Waals surface area contributed by atoms with Gasteiger partial charge in [-0.25, -0.2) is 4.98 Å². The van der Waals surface area contributed by atoms with Crippen molar-refractivity contribution in [1.82, 2.24) is 19.9 Å². The van der Waals surface area contributed by atoms with Crippen LogP contribution in [0.1, 0.15) is 35.6 Å². The number of pyridine rings is 1. The summed E-state index contributed by atoms with van der Waals surface area (Å²) < 4.78 is 10.9. The van der Waals surface area contributed by atoms with Crippen molar-refractivity contribution in [3.05, 3.63) is 69.9 Å². The van der Waals surface area contributed by atoms with Crippen LogP contribution in [0.3, 0.4) is 0 Å². The van der Waals surface area contributed by atoms with Crippen molar-refractivity contribution in [2.75, 3.05) is 27.3 Å². The molecule has 7 nitrogen and oxygen atoms in total. The molecule has 0 unspecified atom stereocenters. The number of aryl methyl sites for hydroxylation is 1. The molecule has 0 amide bonds. The van der Waals surface area contributed by atoms with E-state index in [-0.39, 0.29) is 11.5 Å². The van der Waals surface area contributed by atoms with E-state index < -0.39 is 0 Å². The quantitative estimate of drug-likeness (QED) is 0.657. The highest BCUT2D eigenvalue weighted by atomic mass is 16.5. The lowest BCUT2D eigenvalue weighted by atomic mass is 9.92. The van der Waals surface area contributed by atoms with Crippen LogP contribution < -0.4 is 15.0 Å². The van der Waals surface area contributed by atoms with Crippen LogP contribution in [0.25, 0.3) is 11.4 Å². The van der Waals surface area contributed by atoms with Gasteiger partial charge in [-0.3, -0.25) is 14.7 Å². The highest BCUT2D eigenvalue weighted by molar-refractivity contribution is 5.53. The zero-order valence-electron chi connectivity index (χ0n) is 18.2. The SMILES string of the molecule is COc1cc(C)c(CN2CCC(c3cc(=O)[nH]c(-c4ccncc4)n3)CC2)cc1OC. The Labute approximate surface area is 182 Å². The van der Waals surface area contributed by atoms with Crippen LogP contribution in [0.4, 0.5) is 0 Å². The maximum absolute atomic E-state index is 12.2. The molecule has 0 bridgehead atoms. The van der Waals surface area contributed by atoms with E-state index in [4.69, 9.17) is 14.5 Å². The molecule has 162 valence electrons. The van der Waals surface area contributed by atoms with Gasteiger partial charge in [0.05, 0.1) is 19.9 Å². The summed E-state index contributed by atoms with van der Waals surface area (Å²) in [5, 5.41) is 0. The van der Waals surface area contributed by atoms with Gasteiger partial charge in [0, 0.05) is 36.5 Å². The number of ether oxygens (including phenoxy) is 2. The van der Waals surface area contributed by atoms with Crippen molar-refractivity contribution in [2.24, 2.45) is 0 Å². The normalized spacial score (nSPS) is 15.1. The highest BCUT2D eigenvalue weighted by Crippen LogP contribution is 2.32. The molecule has 0 radical (unpaired) electrons. The fourth-order valence-electron chi connectivity index (χ4n) is 4.15. The zero-order valence-corrected chi connectivity index (χ0v) is 18.2. The largest absolute Gasteiger partial charge is 0.493 e. The lowest BCUT2D eigenvalue weighted by Gasteiger charge is -2.32. The zero-order chi connectivity index (χ0) is 21.8. The number of aromatic nitrogens is 3. The molecule has 1 N–H and O–H groups in total. The van der Waals surface area contributed by atoms with Gasteiger partial charge >= 0.3 is 0 Å². The number of hydrogen-bond acceptors (Lipinski definition) is 6. The fraction of sp³-hybridized carbons (Fsp3) is 0.375. The van der Waals surface area contributed by atoms with Gasteiger partial charge in [-0.05, 0) is 68.2 Å². The van der Waals surface area contributed by atoms with E-state index in [1.807, 2.05) is 18.2 Å². The van der Waals surface area contributed by atoms with Gasteiger partial charge < -0.3 is 14.5 Å². The molecule has 3 heterocycles. The third kappa shape index (κ3) is 4.77. The first-order chi connectivity index (χ1) is 15.1. The third-order valence-electron chi connectivity index (χ3n) is 5.96. The number of aromatic amines is 1. The van der Waals surface area contributed by atoms with E-state index >= 15 is 0 Å². The Bertz CT molecular complexity index is 1090. The first-order valence-electron chi connectivity index (χ1n) is 10.5. The standard InChI is InChI=1S/C24H28N4O3/c1-16-12-21(30-2)22(31-3)13-19(16)15-28-10-6-17(7-11-28)20-14-23(29)27-24(26-20)18-4-8-25-9-5-18/h4-5,8-9,12-14,17H,6-7,10-11,15H2,1-3H3,(H,26,27,29). The average Bonchev–Trinajstić information content (AvgIpc) is 2.80. The molecule has 7 heteroatoms. The first kappa shape index (κ1) is 21.1. The number of likely N-dealkylation sites (tertiary alicyclic amines) is 1. The Kier molecular flexibility index (Phi) is 6.32. The summed E-state index contributed by atoms with van der Waals surface area (Å²) in [5.41, 5.74) is 4.07. The van der Waals surface area contributed by atoms with Gasteiger partial charge in [-0.1, -0.05) is 0 Å². The van der Waals surface area contributed by atoms with Gasteiger partial charge in [-0.15, -0.1) is 0 Å². The monoisotopic (exact) mass is 420 g/mol. The number of H-pyrrole nitrogens is 1. The van der Waals surface area contributed by atoms with E-state index in [0.29, 0.717) is 5.82 Å². The van der Waals surface area contributed by atoms with Crippen LogP contribution >= 0.6 is 0 Å². The number of rotatable bonds is 6. The molecule has 3 aromatic rings. The number of piperidine rings is 1. The fourth-order valence-corrected chi connectivity index (χ4v) is 4.15. The third-order valence-corrected chi connectivity index (χ3v) is 5.96. The smallest absolute Gasteiger partial charge is 0.251 e. The summed E-state index contributed by atoms with van der Waals surface area (Å²) in [4.78, 5) is 26.3. The molecule has 0 aliphatic carbocycles. The Morgan fingerprint density at radius 2 is 1.74 bits per heavy atom. The topological polar surface area (TPSA) is 80.3 Å². The van der Waals surface area contributed by atoms with Crippen LogP contribution in [0.15, 0.2) is 47.5 Å². The molecule has 1 aromatic carbocycles. The lowest BCUT2D eigenvalue weighted by Crippen LogP contribution is -2.33. The number of benzene rings is 1. The molecule has 0 atom stereocenters. The van der Waals surface area contributed by atoms with Crippen molar-refractivity contribution in [3.63, 3.8) is 0 Å². The van der Waals surface area contributed by atoms with Crippen LogP contribution in [-0.2, 0) is 6.54 Å². The molecule has 0 spiro atoms. The van der Waals surface area contributed by atoms with Crippen molar-refractivity contribution in [3.8, 4) is 22.9 Å². The number of hydrogen-bond donors (Lipinski definition) is 1. The van der Waals surface area contributed by atoms with E-state index in [1.54, 1.807) is 32.7 Å². The molecular formula is C24H28N4O3. The minimum Gasteiger partial charge on any atom is -0.493 e. The molecule has 1 aliphatic heterocycles. The summed E-state index contributed by atoms with van der Waals surface area (Å²) in [5.74, 6) is 2.40. The summed E-state index contributed by atoms with van der Waals surface area (Å²) in [6.07, 6.45) is 5.35. The van der Waals surface area contributed by atoms with Gasteiger partial charge in [0.25, 0.3) is 5.56 Å². The number of nitrogens with one attached hydrogen (secondary N) is 1. The predicted octanol–water partition coefficient (Wildman–Crippen LogP) is 3.54. The van der Waals surface area contributed by atoms with Crippen molar-refractivity contribution >= 4 is 0 Å². The summed E-state index contributed by atoms with van der Waals surface area (Å²) in [6.45, 7) is 4.88. The second-order valence-corrected chi connectivity index (χ2v) is 7.94. The average molecular weight is 421 g/mol. The Hall–Kier alpha value is -3.19. The van der Waals surface area contributed by atoms with Gasteiger partial charge in [-0.2, -0.15) is 0 Å². The minimum absolute atomic E-state index is 0.111. The maximum atomic E-state index is 12.2. The Balaban J connectivity index is 1.45. The van der Waals surface area contributed by atoms with Crippen LogP contribution in [0.5, 0.6) is 11.5 Å². The molecule has 4 rings (SSSR count). The molecule has 1 saturated heterocycles. The Morgan fingerprint density at radius 3 is 2.42 bits per heavy atom. The number of nitrogens with zero attached hydrogens (tertiary/aromatic N) is 3. The highest BCUT2D eigenvalue weighted by Gasteiger charge is 2.23. The van der Waals surface area contributed by atoms with Gasteiger partial charge in [0.1, 0.15) is 5.82 Å². The van der Waals surface area contributed by atoms with E-state index in [2.05, 4.69) is 27.9 Å². The van der Waals surface area contributed by atoms with Gasteiger partial charge in [0.15, 0.2) is 11.5 Å². The van der Waals surface area contributed by atoms with Crippen LogP contribution in [-0.4, -0.2) is 47.2 Å². The second-order valence-electron chi connectivity index (χ2n) is 7.94. The predicted molar refractivity (Wildman–Crippen MR) is 120 cm³/mol. The summed E-state index contributed by atoms with van der Waals surface area (Å²) >= 11 is 0. The van der Waals surface area contributed by atoms with E-state index in [0.717, 1.165) is 55.2 Å². The summed E-state index contributed by atoms with van der Waals surface area (Å²) in [7, 11) is 3.32. The molecular weight excluding hydrogens is 392 g/mol. The molecule has 1 fully saturated rings. The lowest BCUT2D eigenvalue weighted by molar-refractivity contribution is 0.202. The van der Waals surface area contributed by atoms with Crippen molar-refractivity contribution in [2.45, 2.75) is 32.2 Å². The minimum atomic E-state index is -0.111. The Morgan fingerprint density at radius 1 is 1.06 bits per heavy atom. The van der Waals surface area contributed by atoms with E-state index in [9.17, 15) is 4.79 Å². The van der Waals surface area contributed by atoms with E-state index in [1.165, 1.54) is 11.1 Å². The van der Waals surface area contributed by atoms with Crippen molar-refractivity contribution < 1.29 is 9.47 Å². The van der Waals surface area contributed by atoms with Gasteiger partial charge in [0.2, 0.25) is 0 Å². The molecule has 31 heavy (non-hydrogen) atoms. The maximum Gasteiger partial charge on any atom is 0.251 e. The molecule has 2 aromatic heterocycles.